The van der Waals surface area contributed by atoms with E-state index in [1.165, 1.54) is 6.07 Å². The van der Waals surface area contributed by atoms with Crippen molar-refractivity contribution in [3.8, 4) is 16.9 Å². The number of carbonyl (C=O) groups is 1. The van der Waals surface area contributed by atoms with Crippen LogP contribution >= 0.6 is 0 Å². The average molecular weight is 314 g/mol. The summed E-state index contributed by atoms with van der Waals surface area (Å²) in [5.74, 6) is -2.42. The van der Waals surface area contributed by atoms with Crippen LogP contribution in [0.3, 0.4) is 0 Å². The van der Waals surface area contributed by atoms with Gasteiger partial charge in [0.2, 0.25) is 0 Å². The van der Waals surface area contributed by atoms with E-state index in [0.717, 1.165) is 31.4 Å². The molecule has 0 atom stereocenters. The second kappa shape index (κ2) is 5.67. The predicted octanol–water partition coefficient (Wildman–Crippen LogP) is 4.00. The van der Waals surface area contributed by atoms with Gasteiger partial charge in [0.25, 0.3) is 0 Å². The fourth-order valence-electron chi connectivity index (χ4n) is 1.91. The van der Waals surface area contributed by atoms with Gasteiger partial charge in [-0.05, 0) is 41.5 Å². The summed E-state index contributed by atoms with van der Waals surface area (Å²) in [5.41, 5.74) is -1.32. The van der Waals surface area contributed by atoms with Crippen LogP contribution in [-0.4, -0.2) is 18.2 Å². The van der Waals surface area contributed by atoms with Crippen molar-refractivity contribution >= 4 is 5.97 Å². The highest BCUT2D eigenvalue weighted by Gasteiger charge is 2.31. The van der Waals surface area contributed by atoms with Crippen LogP contribution < -0.4 is 0 Å². The zero-order chi connectivity index (χ0) is 16.5. The van der Waals surface area contributed by atoms with Crippen molar-refractivity contribution in [3.63, 3.8) is 0 Å². The monoisotopic (exact) mass is 314 g/mol. The van der Waals surface area contributed by atoms with Crippen molar-refractivity contribution < 1.29 is 32.2 Å². The molecule has 0 saturated heterocycles. The molecular formula is C15H10F4O3. The Labute approximate surface area is 122 Å². The first kappa shape index (κ1) is 15.8. The van der Waals surface area contributed by atoms with E-state index in [9.17, 15) is 27.5 Å². The molecule has 0 aliphatic carbocycles. The number of phenolic OH excluding ortho intramolecular Hbond substituents is 1. The zero-order valence-corrected chi connectivity index (χ0v) is 11.2. The van der Waals surface area contributed by atoms with Gasteiger partial charge < -0.3 is 9.84 Å². The minimum absolute atomic E-state index is 0.0253. The van der Waals surface area contributed by atoms with E-state index in [2.05, 4.69) is 4.74 Å². The molecule has 2 aromatic carbocycles. The SMILES string of the molecule is COC(=O)c1ccc(-c2cc(O)cc(C(F)(F)F)c2)cc1F. The standard InChI is InChI=1S/C15H10F4O3/c1-22-14(21)12-3-2-8(6-13(12)16)9-4-10(15(17,18)19)7-11(20)5-9/h2-7,20H,1H3. The van der Waals surface area contributed by atoms with Crippen molar-refractivity contribution in [2.45, 2.75) is 6.18 Å². The lowest BCUT2D eigenvalue weighted by atomic mass is 10.0. The van der Waals surface area contributed by atoms with Crippen LogP contribution in [0.4, 0.5) is 17.6 Å². The van der Waals surface area contributed by atoms with Gasteiger partial charge in [0.15, 0.2) is 0 Å². The second-order valence-corrected chi connectivity index (χ2v) is 4.45. The predicted molar refractivity (Wildman–Crippen MR) is 69.8 cm³/mol. The van der Waals surface area contributed by atoms with E-state index in [1.807, 2.05) is 0 Å². The summed E-state index contributed by atoms with van der Waals surface area (Å²) >= 11 is 0. The molecule has 22 heavy (non-hydrogen) atoms. The molecule has 0 heterocycles. The molecular weight excluding hydrogens is 304 g/mol. The maximum absolute atomic E-state index is 13.8. The van der Waals surface area contributed by atoms with Crippen LogP contribution in [0.25, 0.3) is 11.1 Å². The first-order valence-corrected chi connectivity index (χ1v) is 6.02. The number of carbonyl (C=O) groups excluding carboxylic acids is 1. The Bertz CT molecular complexity index is 723. The molecule has 0 fully saturated rings. The fraction of sp³-hybridized carbons (Fsp3) is 0.133. The third-order valence-corrected chi connectivity index (χ3v) is 2.95. The van der Waals surface area contributed by atoms with Gasteiger partial charge in [-0.1, -0.05) is 6.07 Å². The largest absolute Gasteiger partial charge is 0.508 e. The Hall–Kier alpha value is -2.57. The number of hydrogen-bond acceptors (Lipinski definition) is 3. The van der Waals surface area contributed by atoms with E-state index in [1.54, 1.807) is 0 Å². The topological polar surface area (TPSA) is 46.5 Å². The lowest BCUT2D eigenvalue weighted by Crippen LogP contribution is -2.05. The molecule has 0 aromatic heterocycles. The van der Waals surface area contributed by atoms with Gasteiger partial charge in [-0.2, -0.15) is 13.2 Å². The van der Waals surface area contributed by atoms with Crippen molar-refractivity contribution in [1.82, 2.24) is 0 Å². The summed E-state index contributed by atoms with van der Waals surface area (Å²) in [4.78, 5) is 11.3. The Morgan fingerprint density at radius 1 is 1.09 bits per heavy atom. The minimum Gasteiger partial charge on any atom is -0.508 e. The highest BCUT2D eigenvalue weighted by Crippen LogP contribution is 2.35. The molecule has 7 heteroatoms. The second-order valence-electron chi connectivity index (χ2n) is 4.45. The number of benzene rings is 2. The average Bonchev–Trinajstić information content (AvgIpc) is 2.44. The third kappa shape index (κ3) is 3.19. The Morgan fingerprint density at radius 3 is 2.32 bits per heavy atom. The van der Waals surface area contributed by atoms with Crippen LogP contribution in [0.5, 0.6) is 5.75 Å². The van der Waals surface area contributed by atoms with Gasteiger partial charge in [-0.15, -0.1) is 0 Å². The van der Waals surface area contributed by atoms with Crippen LogP contribution in [0.2, 0.25) is 0 Å². The zero-order valence-electron chi connectivity index (χ0n) is 11.2. The minimum atomic E-state index is -4.64. The third-order valence-electron chi connectivity index (χ3n) is 2.95. The maximum Gasteiger partial charge on any atom is 0.416 e. The summed E-state index contributed by atoms with van der Waals surface area (Å²) < 4.78 is 56.3. The summed E-state index contributed by atoms with van der Waals surface area (Å²) in [6, 6.07) is 5.70. The number of esters is 1. The highest BCUT2D eigenvalue weighted by molar-refractivity contribution is 5.90. The number of aromatic hydroxyl groups is 1. The van der Waals surface area contributed by atoms with Gasteiger partial charge in [0.05, 0.1) is 18.2 Å². The molecule has 1 N–H and O–H groups in total. The van der Waals surface area contributed by atoms with Gasteiger partial charge in [-0.3, -0.25) is 0 Å². The summed E-state index contributed by atoms with van der Waals surface area (Å²) in [6.45, 7) is 0. The molecule has 2 rings (SSSR count). The van der Waals surface area contributed by atoms with Crippen molar-refractivity contribution in [2.75, 3.05) is 7.11 Å². The molecule has 0 unspecified atom stereocenters. The fourth-order valence-corrected chi connectivity index (χ4v) is 1.91. The Balaban J connectivity index is 2.51. The van der Waals surface area contributed by atoms with Gasteiger partial charge in [-0.25, -0.2) is 9.18 Å². The summed E-state index contributed by atoms with van der Waals surface area (Å²) in [7, 11) is 1.08. The molecule has 0 aliphatic rings. The molecule has 2 aromatic rings. The molecule has 0 aliphatic heterocycles. The van der Waals surface area contributed by atoms with E-state index in [0.29, 0.717) is 6.07 Å². The van der Waals surface area contributed by atoms with E-state index < -0.39 is 29.3 Å². The van der Waals surface area contributed by atoms with Crippen molar-refractivity contribution in [3.05, 3.63) is 53.3 Å². The molecule has 116 valence electrons. The van der Waals surface area contributed by atoms with Gasteiger partial charge in [0.1, 0.15) is 11.6 Å². The number of hydrogen-bond donors (Lipinski definition) is 1. The smallest absolute Gasteiger partial charge is 0.416 e. The first-order chi connectivity index (χ1) is 10.2. The quantitative estimate of drug-likeness (QED) is 0.673. The van der Waals surface area contributed by atoms with E-state index in [-0.39, 0.29) is 16.7 Å². The van der Waals surface area contributed by atoms with Gasteiger partial charge in [0, 0.05) is 0 Å². The molecule has 0 radical (unpaired) electrons. The van der Waals surface area contributed by atoms with E-state index in [4.69, 9.17) is 0 Å². The summed E-state index contributed by atoms with van der Waals surface area (Å²) in [5, 5.41) is 9.40. The Morgan fingerprint density at radius 2 is 1.77 bits per heavy atom. The van der Waals surface area contributed by atoms with Crippen molar-refractivity contribution in [1.29, 1.82) is 0 Å². The molecule has 0 bridgehead atoms. The van der Waals surface area contributed by atoms with Crippen molar-refractivity contribution in [2.24, 2.45) is 0 Å². The number of methoxy groups -OCH3 is 1. The molecule has 0 spiro atoms. The van der Waals surface area contributed by atoms with Gasteiger partial charge >= 0.3 is 12.1 Å². The molecule has 3 nitrogen and oxygen atoms in total. The molecule has 0 amide bonds. The molecule has 0 saturated carbocycles. The number of ether oxygens (including phenoxy) is 1. The number of alkyl halides is 3. The lowest BCUT2D eigenvalue weighted by Gasteiger charge is -2.11. The van der Waals surface area contributed by atoms with Crippen LogP contribution in [0.15, 0.2) is 36.4 Å². The van der Waals surface area contributed by atoms with Crippen LogP contribution in [0, 0.1) is 5.82 Å². The highest BCUT2D eigenvalue weighted by atomic mass is 19.4. The van der Waals surface area contributed by atoms with Crippen LogP contribution in [0.1, 0.15) is 15.9 Å². The van der Waals surface area contributed by atoms with E-state index >= 15 is 0 Å². The first-order valence-electron chi connectivity index (χ1n) is 6.02. The normalized spacial score (nSPS) is 11.3. The Kier molecular flexibility index (Phi) is 4.07. The summed E-state index contributed by atoms with van der Waals surface area (Å²) in [6.07, 6.45) is -4.64. The number of rotatable bonds is 2. The number of phenols is 1. The lowest BCUT2D eigenvalue weighted by molar-refractivity contribution is -0.137. The van der Waals surface area contributed by atoms with Crippen LogP contribution in [-0.2, 0) is 10.9 Å². The number of halogens is 4. The maximum atomic E-state index is 13.8.